The number of ether oxygens (including phenoxy) is 1. The number of fused-ring (bicyclic) bond motifs is 1. The maximum Gasteiger partial charge on any atom is 0.223 e. The molecule has 0 spiro atoms. The number of alkyl halides is 1. The molecule has 5 aliphatic rings. The Labute approximate surface area is 203 Å². The molecule has 3 saturated heterocycles. The number of amides is 1. The first kappa shape index (κ1) is 24.8. The second kappa shape index (κ2) is 11.5. The molecule has 9 heteroatoms. The van der Waals surface area contributed by atoms with Crippen LogP contribution in [0.4, 0.5) is 4.39 Å². The molecular weight excluding hydrogens is 435 g/mol. The molecule has 5 fully saturated rings. The Morgan fingerprint density at radius 2 is 1.94 bits per heavy atom. The van der Waals surface area contributed by atoms with E-state index in [1.54, 1.807) is 0 Å². The van der Waals surface area contributed by atoms with E-state index < -0.39 is 6.17 Å². The van der Waals surface area contributed by atoms with Crippen molar-refractivity contribution in [1.29, 1.82) is 0 Å². The summed E-state index contributed by atoms with van der Waals surface area (Å²) in [5.74, 6) is 0.844. The largest absolute Gasteiger partial charge is 0.378 e. The Morgan fingerprint density at radius 3 is 2.82 bits per heavy atom. The SMILES string of the molecule is CN1C(CNC2CCCC(C(=O)N[C@H]3CCOC4CCCCC43)C2)NNC1C1CCNCC1F. The van der Waals surface area contributed by atoms with Crippen molar-refractivity contribution < 1.29 is 13.9 Å². The lowest BCUT2D eigenvalue weighted by molar-refractivity contribution is -0.130. The molecule has 5 rings (SSSR count). The maximum absolute atomic E-state index is 14.4. The van der Waals surface area contributed by atoms with Gasteiger partial charge in [0.15, 0.2) is 0 Å². The van der Waals surface area contributed by atoms with Crippen LogP contribution in [0.1, 0.15) is 64.2 Å². The topological polar surface area (TPSA) is 89.7 Å². The van der Waals surface area contributed by atoms with Crippen LogP contribution in [-0.4, -0.2) is 80.8 Å². The first-order valence-electron chi connectivity index (χ1n) is 13.8. The number of halogens is 1. The van der Waals surface area contributed by atoms with E-state index in [4.69, 9.17) is 4.74 Å². The summed E-state index contributed by atoms with van der Waals surface area (Å²) in [5.41, 5.74) is 6.70. The average molecular weight is 481 g/mol. The lowest BCUT2D eigenvalue weighted by Crippen LogP contribution is -2.53. The van der Waals surface area contributed by atoms with E-state index in [9.17, 15) is 9.18 Å². The highest BCUT2D eigenvalue weighted by atomic mass is 19.1. The third kappa shape index (κ3) is 5.60. The van der Waals surface area contributed by atoms with Crippen LogP contribution < -0.4 is 26.8 Å². The summed E-state index contributed by atoms with van der Waals surface area (Å²) < 4.78 is 20.4. The lowest BCUT2D eigenvalue weighted by atomic mass is 9.78. The van der Waals surface area contributed by atoms with Crippen LogP contribution in [0, 0.1) is 17.8 Å². The highest BCUT2D eigenvalue weighted by Gasteiger charge is 2.41. The van der Waals surface area contributed by atoms with Gasteiger partial charge in [-0.1, -0.05) is 19.3 Å². The van der Waals surface area contributed by atoms with Gasteiger partial charge in [-0.3, -0.25) is 9.69 Å². The van der Waals surface area contributed by atoms with Crippen LogP contribution in [-0.2, 0) is 9.53 Å². The van der Waals surface area contributed by atoms with Gasteiger partial charge in [-0.15, -0.1) is 0 Å². The normalized spacial score (nSPS) is 43.9. The van der Waals surface area contributed by atoms with Crippen LogP contribution in [0.15, 0.2) is 0 Å². The number of hydrazine groups is 1. The van der Waals surface area contributed by atoms with Gasteiger partial charge in [0.2, 0.25) is 5.91 Å². The van der Waals surface area contributed by atoms with Crippen molar-refractivity contribution in [1.82, 2.24) is 31.7 Å². The molecule has 0 radical (unpaired) electrons. The molecule has 3 heterocycles. The van der Waals surface area contributed by atoms with Gasteiger partial charge in [-0.2, -0.15) is 0 Å². The molecule has 0 aromatic heterocycles. The van der Waals surface area contributed by atoms with Crippen molar-refractivity contribution in [2.24, 2.45) is 17.8 Å². The standard InChI is InChI=1S/C25H45FN6O2/c1-32-23(30-31-24(32)18-9-11-27-14-20(18)26)15-28-17-6-4-5-16(13-17)25(33)29-21-10-12-34-22-8-3-2-7-19(21)22/h16-24,27-28,30-31H,2-15H2,1H3,(H,29,33)/t16?,17?,18?,19?,20?,21-,22?,23?,24?/m0/s1. The maximum atomic E-state index is 14.4. The molecule has 9 atom stereocenters. The summed E-state index contributed by atoms with van der Waals surface area (Å²) in [6, 6.07) is 0.636. The summed E-state index contributed by atoms with van der Waals surface area (Å²) >= 11 is 0. The number of carbonyl (C=O) groups is 1. The van der Waals surface area contributed by atoms with Crippen LogP contribution in [0.25, 0.3) is 0 Å². The van der Waals surface area contributed by atoms with Gasteiger partial charge in [0, 0.05) is 49.5 Å². The van der Waals surface area contributed by atoms with Crippen molar-refractivity contribution >= 4 is 5.91 Å². The predicted molar refractivity (Wildman–Crippen MR) is 129 cm³/mol. The van der Waals surface area contributed by atoms with Crippen LogP contribution in [0.5, 0.6) is 0 Å². The minimum atomic E-state index is -0.820. The molecule has 2 aliphatic carbocycles. The van der Waals surface area contributed by atoms with E-state index in [1.165, 1.54) is 19.3 Å². The van der Waals surface area contributed by atoms with E-state index in [-0.39, 0.29) is 36.1 Å². The molecule has 194 valence electrons. The van der Waals surface area contributed by atoms with E-state index >= 15 is 0 Å². The quantitative estimate of drug-likeness (QED) is 0.391. The zero-order valence-electron chi connectivity index (χ0n) is 20.7. The summed E-state index contributed by atoms with van der Waals surface area (Å²) in [5, 5.41) is 10.3. The van der Waals surface area contributed by atoms with Crippen molar-refractivity contribution in [3.05, 3.63) is 0 Å². The highest BCUT2D eigenvalue weighted by Crippen LogP contribution is 2.34. The van der Waals surface area contributed by atoms with Crippen molar-refractivity contribution in [2.75, 3.05) is 33.3 Å². The number of hydrogen-bond donors (Lipinski definition) is 5. The van der Waals surface area contributed by atoms with Crippen LogP contribution >= 0.6 is 0 Å². The van der Waals surface area contributed by atoms with Gasteiger partial charge < -0.3 is 20.7 Å². The monoisotopic (exact) mass is 480 g/mol. The summed E-state index contributed by atoms with van der Waals surface area (Å²) in [7, 11) is 2.07. The molecule has 0 bridgehead atoms. The van der Waals surface area contributed by atoms with E-state index in [0.29, 0.717) is 24.6 Å². The van der Waals surface area contributed by atoms with Gasteiger partial charge in [-0.25, -0.2) is 15.2 Å². The predicted octanol–water partition coefficient (Wildman–Crippen LogP) is 1.24. The summed E-state index contributed by atoms with van der Waals surface area (Å²) in [4.78, 5) is 15.4. The van der Waals surface area contributed by atoms with Crippen molar-refractivity contribution in [3.8, 4) is 0 Å². The molecular formula is C25H45FN6O2. The molecule has 8 unspecified atom stereocenters. The molecule has 0 aromatic carbocycles. The van der Waals surface area contributed by atoms with E-state index in [2.05, 4.69) is 38.7 Å². The Kier molecular flexibility index (Phi) is 8.38. The lowest BCUT2D eigenvalue weighted by Gasteiger charge is -2.42. The number of likely N-dealkylation sites (N-methyl/N-ethyl adjacent to an activating group) is 1. The van der Waals surface area contributed by atoms with Crippen molar-refractivity contribution in [3.63, 3.8) is 0 Å². The Balaban J connectivity index is 1.08. The molecule has 3 aliphatic heterocycles. The molecule has 1 amide bonds. The average Bonchev–Trinajstić information content (AvgIpc) is 3.23. The number of hydrogen-bond acceptors (Lipinski definition) is 7. The second-order valence-corrected chi connectivity index (χ2v) is 11.3. The van der Waals surface area contributed by atoms with Gasteiger partial charge >= 0.3 is 0 Å². The van der Waals surface area contributed by atoms with E-state index in [1.807, 2.05) is 0 Å². The number of nitrogens with one attached hydrogen (secondary N) is 5. The minimum Gasteiger partial charge on any atom is -0.378 e. The van der Waals surface area contributed by atoms with E-state index in [0.717, 1.165) is 64.6 Å². The van der Waals surface area contributed by atoms with Gasteiger partial charge in [0.1, 0.15) is 6.17 Å². The number of rotatable bonds is 6. The molecule has 2 saturated carbocycles. The van der Waals surface area contributed by atoms with Gasteiger partial charge in [0.05, 0.1) is 18.4 Å². The first-order chi connectivity index (χ1) is 16.6. The fraction of sp³-hybridized carbons (Fsp3) is 0.960. The Morgan fingerprint density at radius 1 is 1.06 bits per heavy atom. The number of nitrogens with zero attached hydrogens (tertiary/aromatic N) is 1. The smallest absolute Gasteiger partial charge is 0.223 e. The fourth-order valence-corrected chi connectivity index (χ4v) is 7.10. The highest BCUT2D eigenvalue weighted by molar-refractivity contribution is 5.79. The third-order valence-corrected chi connectivity index (χ3v) is 9.20. The number of carbonyl (C=O) groups excluding carboxylic acids is 1. The Hall–Kier alpha value is -0.840. The molecule has 0 aromatic rings. The second-order valence-electron chi connectivity index (χ2n) is 11.3. The zero-order chi connectivity index (χ0) is 23.5. The van der Waals surface area contributed by atoms with Crippen LogP contribution in [0.3, 0.4) is 0 Å². The summed E-state index contributed by atoms with van der Waals surface area (Å²) in [6.45, 7) is 2.88. The molecule has 34 heavy (non-hydrogen) atoms. The van der Waals surface area contributed by atoms with Crippen LogP contribution in [0.2, 0.25) is 0 Å². The fourth-order valence-electron chi connectivity index (χ4n) is 7.10. The third-order valence-electron chi connectivity index (χ3n) is 9.20. The molecule has 5 N–H and O–H groups in total. The van der Waals surface area contributed by atoms with Crippen molar-refractivity contribution in [2.45, 2.75) is 101 Å². The minimum absolute atomic E-state index is 0.000422. The first-order valence-corrected chi connectivity index (χ1v) is 13.8. The Bertz CT molecular complexity index is 684. The number of piperidine rings is 1. The van der Waals surface area contributed by atoms with Gasteiger partial charge in [0.25, 0.3) is 0 Å². The van der Waals surface area contributed by atoms with Gasteiger partial charge in [-0.05, 0) is 58.5 Å². The molecule has 8 nitrogen and oxygen atoms in total. The zero-order valence-corrected chi connectivity index (χ0v) is 20.7. The summed E-state index contributed by atoms with van der Waals surface area (Å²) in [6.07, 6.45) is 10.4.